The summed E-state index contributed by atoms with van der Waals surface area (Å²) in [6.45, 7) is 1.60. The Morgan fingerprint density at radius 1 is 1.04 bits per heavy atom. The number of nitrogens with one attached hydrogen (secondary N) is 2. The fraction of sp³-hybridized carbons (Fsp3) is 0.350. The molecule has 134 valence electrons. The van der Waals surface area contributed by atoms with E-state index in [9.17, 15) is 14.4 Å². The standard InChI is InChI=1S/C20H21N3O3/c24-17-15(7-8-16(22-17)14-5-2-1-3-6-14)18(25)23-12-10-20(13-23)9-4-11-21-19(20)26/h1-3,5-8H,4,9-13H2,(H,21,26)(H,22,24)/t20-/m0/s1. The first-order valence-corrected chi connectivity index (χ1v) is 8.95. The largest absolute Gasteiger partial charge is 0.356 e. The topological polar surface area (TPSA) is 82.3 Å². The zero-order chi connectivity index (χ0) is 18.1. The van der Waals surface area contributed by atoms with E-state index in [1.165, 1.54) is 0 Å². The van der Waals surface area contributed by atoms with Crippen molar-refractivity contribution in [3.05, 3.63) is 58.4 Å². The lowest BCUT2D eigenvalue weighted by molar-refractivity contribution is -0.132. The van der Waals surface area contributed by atoms with Crippen LogP contribution in [0.3, 0.4) is 0 Å². The van der Waals surface area contributed by atoms with E-state index < -0.39 is 11.0 Å². The van der Waals surface area contributed by atoms with E-state index in [1.807, 2.05) is 30.3 Å². The van der Waals surface area contributed by atoms with Crippen molar-refractivity contribution in [1.29, 1.82) is 0 Å². The monoisotopic (exact) mass is 351 g/mol. The van der Waals surface area contributed by atoms with E-state index in [0.717, 1.165) is 18.4 Å². The first-order valence-electron chi connectivity index (χ1n) is 8.95. The molecule has 1 aromatic carbocycles. The maximum absolute atomic E-state index is 12.8. The van der Waals surface area contributed by atoms with E-state index in [0.29, 0.717) is 31.7 Å². The molecule has 1 atom stereocenters. The van der Waals surface area contributed by atoms with Gasteiger partial charge in [0, 0.05) is 25.3 Å². The number of piperidine rings is 1. The van der Waals surface area contributed by atoms with Crippen LogP contribution in [0.25, 0.3) is 11.3 Å². The quantitative estimate of drug-likeness (QED) is 0.865. The van der Waals surface area contributed by atoms with Gasteiger partial charge in [-0.3, -0.25) is 14.4 Å². The molecule has 4 rings (SSSR count). The van der Waals surface area contributed by atoms with Crippen LogP contribution in [0.4, 0.5) is 0 Å². The summed E-state index contributed by atoms with van der Waals surface area (Å²) in [6.07, 6.45) is 2.39. The van der Waals surface area contributed by atoms with Crippen LogP contribution >= 0.6 is 0 Å². The number of amides is 2. The van der Waals surface area contributed by atoms with Gasteiger partial charge < -0.3 is 15.2 Å². The number of likely N-dealkylation sites (tertiary alicyclic amines) is 1. The average molecular weight is 351 g/mol. The Labute approximate surface area is 151 Å². The summed E-state index contributed by atoms with van der Waals surface area (Å²) in [7, 11) is 0. The third-order valence-corrected chi connectivity index (χ3v) is 5.47. The zero-order valence-corrected chi connectivity index (χ0v) is 14.5. The van der Waals surface area contributed by atoms with Crippen LogP contribution in [0, 0.1) is 5.41 Å². The number of hydrogen-bond acceptors (Lipinski definition) is 3. The molecule has 0 radical (unpaired) electrons. The van der Waals surface area contributed by atoms with E-state index in [-0.39, 0.29) is 17.4 Å². The minimum Gasteiger partial charge on any atom is -0.356 e. The van der Waals surface area contributed by atoms with E-state index in [1.54, 1.807) is 17.0 Å². The number of pyridine rings is 1. The zero-order valence-electron chi connectivity index (χ0n) is 14.5. The Morgan fingerprint density at radius 3 is 2.58 bits per heavy atom. The highest BCUT2D eigenvalue weighted by molar-refractivity contribution is 5.95. The molecule has 26 heavy (non-hydrogen) atoms. The minimum atomic E-state index is -0.481. The van der Waals surface area contributed by atoms with E-state index >= 15 is 0 Å². The maximum Gasteiger partial charge on any atom is 0.261 e. The average Bonchev–Trinajstić information content (AvgIpc) is 3.09. The highest BCUT2D eigenvalue weighted by Crippen LogP contribution is 2.37. The van der Waals surface area contributed by atoms with Gasteiger partial charge in [-0.15, -0.1) is 0 Å². The van der Waals surface area contributed by atoms with Crippen molar-refractivity contribution in [2.45, 2.75) is 19.3 Å². The summed E-state index contributed by atoms with van der Waals surface area (Å²) in [4.78, 5) is 42.0. The molecule has 2 N–H and O–H groups in total. The normalized spacial score (nSPS) is 22.5. The van der Waals surface area contributed by atoms with Crippen LogP contribution in [0.15, 0.2) is 47.3 Å². The van der Waals surface area contributed by atoms with Crippen molar-refractivity contribution in [2.75, 3.05) is 19.6 Å². The molecule has 6 heteroatoms. The predicted octanol–water partition coefficient (Wildman–Crippen LogP) is 1.78. The molecule has 2 fully saturated rings. The second-order valence-electron chi connectivity index (χ2n) is 7.10. The first-order chi connectivity index (χ1) is 12.6. The van der Waals surface area contributed by atoms with Crippen LogP contribution in [-0.4, -0.2) is 41.3 Å². The summed E-state index contributed by atoms with van der Waals surface area (Å²) < 4.78 is 0. The number of hydrogen-bond donors (Lipinski definition) is 2. The Kier molecular flexibility index (Phi) is 4.11. The molecule has 0 unspecified atom stereocenters. The summed E-state index contributed by atoms with van der Waals surface area (Å²) in [5.74, 6) is -0.270. The molecule has 1 spiro atoms. The SMILES string of the molecule is O=C(c1ccc(-c2ccccc2)[nH]c1=O)N1CC[C@@]2(CCCNC2=O)C1. The Balaban J connectivity index is 1.56. The van der Waals surface area contributed by atoms with Gasteiger partial charge in [-0.25, -0.2) is 0 Å². The van der Waals surface area contributed by atoms with Gasteiger partial charge in [0.1, 0.15) is 5.56 Å². The molecule has 2 aliphatic rings. The van der Waals surface area contributed by atoms with Crippen molar-refractivity contribution < 1.29 is 9.59 Å². The number of rotatable bonds is 2. The second kappa shape index (κ2) is 6.44. The third kappa shape index (κ3) is 2.81. The van der Waals surface area contributed by atoms with Gasteiger partial charge in [-0.1, -0.05) is 30.3 Å². The molecule has 6 nitrogen and oxygen atoms in total. The summed E-state index contributed by atoms with van der Waals surface area (Å²) in [5.41, 5.74) is 0.813. The number of carbonyl (C=O) groups excluding carboxylic acids is 2. The second-order valence-corrected chi connectivity index (χ2v) is 7.10. The lowest BCUT2D eigenvalue weighted by Crippen LogP contribution is -2.48. The summed E-state index contributed by atoms with van der Waals surface area (Å²) in [5, 5.41) is 2.91. The number of carbonyl (C=O) groups is 2. The van der Waals surface area contributed by atoms with Crippen molar-refractivity contribution >= 4 is 11.8 Å². The predicted molar refractivity (Wildman–Crippen MR) is 97.7 cm³/mol. The molecule has 2 aromatic rings. The number of aromatic nitrogens is 1. The molecule has 1 aromatic heterocycles. The van der Waals surface area contributed by atoms with Crippen molar-refractivity contribution in [2.24, 2.45) is 5.41 Å². The van der Waals surface area contributed by atoms with Crippen molar-refractivity contribution in [3.8, 4) is 11.3 Å². The van der Waals surface area contributed by atoms with Gasteiger partial charge in [0.2, 0.25) is 5.91 Å². The van der Waals surface area contributed by atoms with E-state index in [2.05, 4.69) is 10.3 Å². The molecule has 2 saturated heterocycles. The maximum atomic E-state index is 12.8. The van der Waals surface area contributed by atoms with Crippen LogP contribution in [-0.2, 0) is 4.79 Å². The summed E-state index contributed by atoms with van der Waals surface area (Å²) >= 11 is 0. The minimum absolute atomic E-state index is 0.0346. The number of benzene rings is 1. The van der Waals surface area contributed by atoms with Gasteiger partial charge in [0.05, 0.1) is 5.41 Å². The van der Waals surface area contributed by atoms with Gasteiger partial charge in [-0.05, 0) is 37.0 Å². The molecule has 0 bridgehead atoms. The Morgan fingerprint density at radius 2 is 1.85 bits per heavy atom. The Bertz CT molecular complexity index is 906. The van der Waals surface area contributed by atoms with Gasteiger partial charge in [0.15, 0.2) is 0 Å². The number of aromatic amines is 1. The summed E-state index contributed by atoms with van der Waals surface area (Å²) in [6, 6.07) is 12.8. The number of nitrogens with zero attached hydrogens (tertiary/aromatic N) is 1. The number of H-pyrrole nitrogens is 1. The fourth-order valence-electron chi connectivity index (χ4n) is 3.96. The smallest absolute Gasteiger partial charge is 0.261 e. The molecule has 0 aliphatic carbocycles. The first kappa shape index (κ1) is 16.6. The van der Waals surface area contributed by atoms with E-state index in [4.69, 9.17) is 0 Å². The van der Waals surface area contributed by atoms with Gasteiger partial charge in [-0.2, -0.15) is 0 Å². The molecular formula is C20H21N3O3. The lowest BCUT2D eigenvalue weighted by atomic mass is 9.79. The van der Waals surface area contributed by atoms with Crippen LogP contribution < -0.4 is 10.9 Å². The molecular weight excluding hydrogens is 330 g/mol. The van der Waals surface area contributed by atoms with Gasteiger partial charge in [0.25, 0.3) is 11.5 Å². The molecule has 2 aliphatic heterocycles. The fourth-order valence-corrected chi connectivity index (χ4v) is 3.96. The van der Waals surface area contributed by atoms with Crippen molar-refractivity contribution in [3.63, 3.8) is 0 Å². The molecule has 0 saturated carbocycles. The van der Waals surface area contributed by atoms with Crippen molar-refractivity contribution in [1.82, 2.24) is 15.2 Å². The third-order valence-electron chi connectivity index (χ3n) is 5.47. The highest BCUT2D eigenvalue weighted by atomic mass is 16.2. The van der Waals surface area contributed by atoms with Crippen LogP contribution in [0.2, 0.25) is 0 Å². The van der Waals surface area contributed by atoms with Crippen LogP contribution in [0.1, 0.15) is 29.6 Å². The highest BCUT2D eigenvalue weighted by Gasteiger charge is 2.47. The lowest BCUT2D eigenvalue weighted by Gasteiger charge is -2.32. The van der Waals surface area contributed by atoms with Gasteiger partial charge >= 0.3 is 0 Å². The molecule has 2 amide bonds. The molecule has 3 heterocycles. The Hall–Kier alpha value is -2.89. The van der Waals surface area contributed by atoms with Crippen LogP contribution in [0.5, 0.6) is 0 Å².